The van der Waals surface area contributed by atoms with E-state index in [1.807, 2.05) is 24.3 Å². The number of nitrogens with one attached hydrogen (secondary N) is 2. The molecule has 0 saturated heterocycles. The third kappa shape index (κ3) is 4.99. The lowest BCUT2D eigenvalue weighted by Gasteiger charge is -2.07. The maximum atomic E-state index is 12.3. The predicted octanol–water partition coefficient (Wildman–Crippen LogP) is 2.90. The van der Waals surface area contributed by atoms with E-state index in [-0.39, 0.29) is 18.1 Å². The van der Waals surface area contributed by atoms with Crippen LogP contribution in [0.15, 0.2) is 53.1 Å². The van der Waals surface area contributed by atoms with Gasteiger partial charge in [-0.15, -0.1) is 0 Å². The summed E-state index contributed by atoms with van der Waals surface area (Å²) in [6, 6.07) is 13.2. The molecule has 6 nitrogen and oxygen atoms in total. The van der Waals surface area contributed by atoms with Crippen LogP contribution in [0, 0.1) is 0 Å². The molecule has 0 saturated carbocycles. The van der Waals surface area contributed by atoms with Gasteiger partial charge < -0.3 is 9.73 Å². The summed E-state index contributed by atoms with van der Waals surface area (Å²) in [4.78, 5) is 12.3. The Kier molecular flexibility index (Phi) is 6.16. The van der Waals surface area contributed by atoms with Gasteiger partial charge in [-0.25, -0.2) is 13.1 Å². The van der Waals surface area contributed by atoms with E-state index in [1.54, 1.807) is 18.4 Å². The summed E-state index contributed by atoms with van der Waals surface area (Å²) in [5.41, 5.74) is 4.46. The summed E-state index contributed by atoms with van der Waals surface area (Å²) in [6.45, 7) is 2.47. The fourth-order valence-corrected chi connectivity index (χ4v) is 3.74. The van der Waals surface area contributed by atoms with Crippen molar-refractivity contribution in [2.24, 2.45) is 0 Å². The number of aryl methyl sites for hydroxylation is 1. The van der Waals surface area contributed by atoms with Crippen molar-refractivity contribution < 1.29 is 17.6 Å². The number of carbonyl (C=O) groups excluding carboxylic acids is 1. The molecular formula is C21H24N2O4S. The van der Waals surface area contributed by atoms with Gasteiger partial charge in [0.1, 0.15) is 5.58 Å². The Balaban J connectivity index is 1.57. The highest BCUT2D eigenvalue weighted by Gasteiger charge is 2.11. The fourth-order valence-electron chi connectivity index (χ4n) is 2.97. The third-order valence-electron chi connectivity index (χ3n) is 4.66. The van der Waals surface area contributed by atoms with Crippen LogP contribution in [0.2, 0.25) is 0 Å². The largest absolute Gasteiger partial charge is 0.464 e. The molecule has 0 aliphatic heterocycles. The van der Waals surface area contributed by atoms with Crippen molar-refractivity contribution in [2.45, 2.75) is 32.1 Å². The molecule has 0 spiro atoms. The first kappa shape index (κ1) is 20.1. The van der Waals surface area contributed by atoms with E-state index < -0.39 is 10.0 Å². The van der Waals surface area contributed by atoms with Gasteiger partial charge in [-0.05, 0) is 36.2 Å². The SMILES string of the molecule is CCc1ccc2c(CC(=O)NCc3ccc(CS(=O)(=O)NC)cc3)coc2c1. The molecule has 0 bridgehead atoms. The lowest BCUT2D eigenvalue weighted by Crippen LogP contribution is -2.24. The molecule has 3 rings (SSSR count). The van der Waals surface area contributed by atoms with Crippen LogP contribution in [0.3, 0.4) is 0 Å². The number of sulfonamides is 1. The molecule has 2 N–H and O–H groups in total. The van der Waals surface area contributed by atoms with Crippen LogP contribution in [0.4, 0.5) is 0 Å². The second kappa shape index (κ2) is 8.58. The molecule has 0 aliphatic rings. The van der Waals surface area contributed by atoms with E-state index in [1.165, 1.54) is 12.6 Å². The van der Waals surface area contributed by atoms with E-state index in [0.29, 0.717) is 12.1 Å². The van der Waals surface area contributed by atoms with E-state index >= 15 is 0 Å². The van der Waals surface area contributed by atoms with E-state index in [4.69, 9.17) is 4.42 Å². The molecule has 0 radical (unpaired) electrons. The molecular weight excluding hydrogens is 376 g/mol. The smallest absolute Gasteiger partial charge is 0.224 e. The summed E-state index contributed by atoms with van der Waals surface area (Å²) >= 11 is 0. The van der Waals surface area contributed by atoms with Crippen molar-refractivity contribution >= 4 is 26.9 Å². The first-order chi connectivity index (χ1) is 13.4. The number of carbonyl (C=O) groups is 1. The van der Waals surface area contributed by atoms with Crippen molar-refractivity contribution in [1.82, 2.24) is 10.0 Å². The van der Waals surface area contributed by atoms with Gasteiger partial charge in [-0.1, -0.05) is 43.3 Å². The zero-order valence-electron chi connectivity index (χ0n) is 16.0. The van der Waals surface area contributed by atoms with Crippen LogP contribution in [0.25, 0.3) is 11.0 Å². The van der Waals surface area contributed by atoms with Gasteiger partial charge in [-0.2, -0.15) is 0 Å². The second-order valence-corrected chi connectivity index (χ2v) is 8.60. The third-order valence-corrected chi connectivity index (χ3v) is 6.00. The van der Waals surface area contributed by atoms with Crippen LogP contribution in [0.1, 0.15) is 29.2 Å². The van der Waals surface area contributed by atoms with Crippen molar-refractivity contribution in [3.63, 3.8) is 0 Å². The zero-order valence-corrected chi connectivity index (χ0v) is 16.8. The Hall–Kier alpha value is -2.64. The van der Waals surface area contributed by atoms with Crippen molar-refractivity contribution in [3.05, 3.63) is 71.0 Å². The van der Waals surface area contributed by atoms with Crippen LogP contribution < -0.4 is 10.0 Å². The number of fused-ring (bicyclic) bond motifs is 1. The molecule has 0 atom stereocenters. The number of amides is 1. The van der Waals surface area contributed by atoms with Crippen LogP contribution in [0.5, 0.6) is 0 Å². The Morgan fingerprint density at radius 1 is 1.04 bits per heavy atom. The minimum absolute atomic E-state index is 0.0660. The Labute approximate surface area is 165 Å². The monoisotopic (exact) mass is 400 g/mol. The molecule has 1 aromatic heterocycles. The highest BCUT2D eigenvalue weighted by Crippen LogP contribution is 2.23. The predicted molar refractivity (Wildman–Crippen MR) is 109 cm³/mol. The molecule has 148 valence electrons. The van der Waals surface area contributed by atoms with Gasteiger partial charge in [-0.3, -0.25) is 4.79 Å². The average Bonchev–Trinajstić information content (AvgIpc) is 3.09. The Morgan fingerprint density at radius 3 is 2.39 bits per heavy atom. The second-order valence-electron chi connectivity index (χ2n) is 6.68. The molecule has 2 aromatic carbocycles. The molecule has 0 aliphatic carbocycles. The number of benzene rings is 2. The molecule has 1 heterocycles. The fraction of sp³-hybridized carbons (Fsp3) is 0.286. The number of furan rings is 1. The average molecular weight is 401 g/mol. The first-order valence-corrected chi connectivity index (χ1v) is 10.8. The highest BCUT2D eigenvalue weighted by atomic mass is 32.2. The van der Waals surface area contributed by atoms with E-state index in [0.717, 1.165) is 28.5 Å². The summed E-state index contributed by atoms with van der Waals surface area (Å²) in [5.74, 6) is -0.159. The van der Waals surface area contributed by atoms with Crippen molar-refractivity contribution in [1.29, 1.82) is 0 Å². The highest BCUT2D eigenvalue weighted by molar-refractivity contribution is 7.88. The lowest BCUT2D eigenvalue weighted by atomic mass is 10.1. The molecule has 0 unspecified atom stereocenters. The zero-order chi connectivity index (χ0) is 20.1. The first-order valence-electron chi connectivity index (χ1n) is 9.15. The van der Waals surface area contributed by atoms with Gasteiger partial charge in [0.05, 0.1) is 18.4 Å². The van der Waals surface area contributed by atoms with Gasteiger partial charge in [0, 0.05) is 17.5 Å². The summed E-state index contributed by atoms with van der Waals surface area (Å²) in [6.07, 6.45) is 2.82. The minimum Gasteiger partial charge on any atom is -0.464 e. The number of hydrogen-bond donors (Lipinski definition) is 2. The number of hydrogen-bond acceptors (Lipinski definition) is 4. The van der Waals surface area contributed by atoms with E-state index in [9.17, 15) is 13.2 Å². The maximum absolute atomic E-state index is 12.3. The summed E-state index contributed by atoms with van der Waals surface area (Å²) < 4.78 is 31.0. The van der Waals surface area contributed by atoms with Gasteiger partial charge in [0.25, 0.3) is 0 Å². The molecule has 7 heteroatoms. The van der Waals surface area contributed by atoms with Crippen LogP contribution >= 0.6 is 0 Å². The molecule has 1 amide bonds. The summed E-state index contributed by atoms with van der Waals surface area (Å²) in [7, 11) is -1.90. The minimum atomic E-state index is -3.29. The van der Waals surface area contributed by atoms with Gasteiger partial charge in [0.15, 0.2) is 0 Å². The standard InChI is InChI=1S/C21H24N2O4S/c1-3-15-8-9-19-18(13-27-20(19)10-15)11-21(24)23-12-16-4-6-17(7-5-16)14-28(25,26)22-2/h4-10,13,22H,3,11-12,14H2,1-2H3,(H,23,24). The maximum Gasteiger partial charge on any atom is 0.224 e. The molecule has 3 aromatic rings. The lowest BCUT2D eigenvalue weighted by molar-refractivity contribution is -0.120. The molecule has 0 fully saturated rings. The van der Waals surface area contributed by atoms with E-state index in [2.05, 4.69) is 23.0 Å². The van der Waals surface area contributed by atoms with Gasteiger partial charge >= 0.3 is 0 Å². The van der Waals surface area contributed by atoms with Gasteiger partial charge in [0.2, 0.25) is 15.9 Å². The summed E-state index contributed by atoms with van der Waals surface area (Å²) in [5, 5.41) is 3.85. The van der Waals surface area contributed by atoms with Crippen molar-refractivity contribution in [3.8, 4) is 0 Å². The normalized spacial score (nSPS) is 11.6. The number of rotatable bonds is 8. The van der Waals surface area contributed by atoms with Crippen molar-refractivity contribution in [2.75, 3.05) is 7.05 Å². The topological polar surface area (TPSA) is 88.4 Å². The Morgan fingerprint density at radius 2 is 1.71 bits per heavy atom. The van der Waals surface area contributed by atoms with Crippen LogP contribution in [-0.2, 0) is 40.0 Å². The quantitative estimate of drug-likeness (QED) is 0.609. The Bertz CT molecular complexity index is 1070. The van der Waals surface area contributed by atoms with Crippen LogP contribution in [-0.4, -0.2) is 21.4 Å². The molecule has 28 heavy (non-hydrogen) atoms.